The Morgan fingerprint density at radius 3 is 2.48 bits per heavy atom. The average molecular weight is 311 g/mol. The molecule has 2 unspecified atom stereocenters. The molecular formula is C14H25N5OS. The number of nitrogens with one attached hydrogen (secondary N) is 1. The molecule has 21 heavy (non-hydrogen) atoms. The first-order valence-corrected chi connectivity index (χ1v) is 8.49. The van der Waals surface area contributed by atoms with E-state index in [1.807, 2.05) is 32.5 Å². The van der Waals surface area contributed by atoms with Gasteiger partial charge in [0.15, 0.2) is 0 Å². The Bertz CT molecular complexity index is 461. The predicted molar refractivity (Wildman–Crippen MR) is 88.5 cm³/mol. The summed E-state index contributed by atoms with van der Waals surface area (Å²) < 4.78 is 5.65. The minimum Gasteiger partial charge on any atom is -0.461 e. The number of hydrogen-bond donors (Lipinski definition) is 1. The van der Waals surface area contributed by atoms with Gasteiger partial charge in [-0.1, -0.05) is 13.8 Å². The molecule has 0 aromatic carbocycles. The van der Waals surface area contributed by atoms with E-state index in [0.29, 0.717) is 28.4 Å². The normalized spacial score (nSPS) is 22.5. The lowest BCUT2D eigenvalue weighted by Crippen LogP contribution is -2.41. The maximum Gasteiger partial charge on any atom is 0.323 e. The first-order chi connectivity index (χ1) is 9.97. The Kier molecular flexibility index (Phi) is 5.50. The number of rotatable bonds is 5. The first kappa shape index (κ1) is 16.1. The molecule has 6 nitrogen and oxygen atoms in total. The van der Waals surface area contributed by atoms with Crippen LogP contribution in [0.5, 0.6) is 6.01 Å². The largest absolute Gasteiger partial charge is 0.461 e. The summed E-state index contributed by atoms with van der Waals surface area (Å²) in [6.45, 7) is 13.1. The van der Waals surface area contributed by atoms with Crippen LogP contribution in [0.3, 0.4) is 0 Å². The molecule has 1 aromatic rings. The van der Waals surface area contributed by atoms with E-state index in [1.54, 1.807) is 0 Å². The van der Waals surface area contributed by atoms with Crippen molar-refractivity contribution in [3.63, 3.8) is 0 Å². The fourth-order valence-corrected chi connectivity index (χ4v) is 3.65. The van der Waals surface area contributed by atoms with Gasteiger partial charge in [-0.2, -0.15) is 26.7 Å². The third-order valence-corrected chi connectivity index (χ3v) is 4.21. The topological polar surface area (TPSA) is 63.2 Å². The summed E-state index contributed by atoms with van der Waals surface area (Å²) in [6, 6.07) is 0.393. The maximum absolute atomic E-state index is 5.65. The van der Waals surface area contributed by atoms with E-state index in [9.17, 15) is 0 Å². The van der Waals surface area contributed by atoms with Gasteiger partial charge >= 0.3 is 6.01 Å². The monoisotopic (exact) mass is 311 g/mol. The first-order valence-electron chi connectivity index (χ1n) is 7.55. The number of hydrogen-bond acceptors (Lipinski definition) is 7. The number of aromatic nitrogens is 3. The van der Waals surface area contributed by atoms with Crippen LogP contribution in [-0.4, -0.2) is 51.2 Å². The molecule has 2 heterocycles. The molecule has 1 aliphatic rings. The van der Waals surface area contributed by atoms with Gasteiger partial charge in [0.2, 0.25) is 11.9 Å². The van der Waals surface area contributed by atoms with Crippen molar-refractivity contribution in [1.82, 2.24) is 15.0 Å². The van der Waals surface area contributed by atoms with Gasteiger partial charge in [0.05, 0.1) is 6.10 Å². The van der Waals surface area contributed by atoms with Crippen LogP contribution in [0.25, 0.3) is 0 Å². The highest BCUT2D eigenvalue weighted by molar-refractivity contribution is 8.00. The van der Waals surface area contributed by atoms with Crippen LogP contribution in [0.15, 0.2) is 0 Å². The third-order valence-electron chi connectivity index (χ3n) is 2.98. The van der Waals surface area contributed by atoms with Gasteiger partial charge < -0.3 is 15.0 Å². The van der Waals surface area contributed by atoms with Crippen LogP contribution < -0.4 is 15.0 Å². The molecule has 1 saturated heterocycles. The summed E-state index contributed by atoms with van der Waals surface area (Å²) in [5.74, 6) is 1.28. The van der Waals surface area contributed by atoms with E-state index < -0.39 is 0 Å². The molecule has 7 heteroatoms. The number of nitrogens with zero attached hydrogens (tertiary/aromatic N) is 4. The maximum atomic E-state index is 5.65. The Labute approximate surface area is 131 Å². The van der Waals surface area contributed by atoms with E-state index in [1.165, 1.54) is 0 Å². The van der Waals surface area contributed by atoms with Crippen LogP contribution in [0.4, 0.5) is 11.9 Å². The predicted octanol–water partition coefficient (Wildman–Crippen LogP) is 2.42. The highest BCUT2D eigenvalue weighted by atomic mass is 32.2. The molecule has 0 amide bonds. The van der Waals surface area contributed by atoms with Gasteiger partial charge in [0, 0.05) is 30.1 Å². The van der Waals surface area contributed by atoms with Crippen molar-refractivity contribution in [3.8, 4) is 6.01 Å². The summed E-state index contributed by atoms with van der Waals surface area (Å²) in [7, 11) is 0. The third kappa shape index (κ3) is 4.62. The van der Waals surface area contributed by atoms with Crippen molar-refractivity contribution >= 4 is 23.7 Å². The minimum atomic E-state index is 0.0458. The average Bonchev–Trinajstić information content (AvgIpc) is 2.36. The summed E-state index contributed by atoms with van der Waals surface area (Å²) >= 11 is 2.01. The lowest BCUT2D eigenvalue weighted by Gasteiger charge is -2.34. The molecule has 118 valence electrons. The number of thioether (sulfide) groups is 1. The molecule has 0 spiro atoms. The van der Waals surface area contributed by atoms with Crippen molar-refractivity contribution < 1.29 is 4.74 Å². The molecule has 2 atom stereocenters. The second kappa shape index (κ2) is 7.15. The van der Waals surface area contributed by atoms with E-state index >= 15 is 0 Å². The van der Waals surface area contributed by atoms with Gasteiger partial charge in [-0.15, -0.1) is 0 Å². The molecule has 1 aromatic heterocycles. The van der Waals surface area contributed by atoms with Crippen molar-refractivity contribution in [2.75, 3.05) is 29.9 Å². The molecule has 1 aliphatic heterocycles. The van der Waals surface area contributed by atoms with Crippen LogP contribution >= 0.6 is 11.8 Å². The zero-order valence-electron chi connectivity index (χ0n) is 13.5. The summed E-state index contributed by atoms with van der Waals surface area (Å²) in [4.78, 5) is 15.5. The van der Waals surface area contributed by atoms with Crippen LogP contribution in [0.2, 0.25) is 0 Å². The minimum absolute atomic E-state index is 0.0458. The van der Waals surface area contributed by atoms with E-state index in [4.69, 9.17) is 4.74 Å². The molecule has 0 aliphatic carbocycles. The summed E-state index contributed by atoms with van der Waals surface area (Å²) in [5, 5.41) is 4.29. The van der Waals surface area contributed by atoms with Gasteiger partial charge in [-0.25, -0.2) is 0 Å². The van der Waals surface area contributed by atoms with Crippen LogP contribution in [-0.2, 0) is 0 Å². The Hall–Kier alpha value is -1.24. The number of ether oxygens (including phenoxy) is 1. The lowest BCUT2D eigenvalue weighted by molar-refractivity contribution is 0.222. The molecule has 0 saturated carbocycles. The van der Waals surface area contributed by atoms with Crippen LogP contribution in [0.1, 0.15) is 34.6 Å². The molecule has 0 bridgehead atoms. The molecule has 1 fully saturated rings. The smallest absolute Gasteiger partial charge is 0.323 e. The lowest BCUT2D eigenvalue weighted by atomic mass is 10.3. The van der Waals surface area contributed by atoms with Crippen molar-refractivity contribution in [1.29, 1.82) is 0 Å². The standard InChI is InChI=1S/C14H25N5OS/c1-6-15-12-16-13(18-14(17-12)20-9(2)3)19-7-10(4)21-11(5)8-19/h9-11H,6-8H2,1-5H3,(H,15,16,17,18). The second-order valence-corrected chi connectivity index (χ2v) is 7.48. The van der Waals surface area contributed by atoms with Crippen molar-refractivity contribution in [2.24, 2.45) is 0 Å². The molecule has 0 radical (unpaired) electrons. The van der Waals surface area contributed by atoms with Gasteiger partial charge in [-0.3, -0.25) is 0 Å². The van der Waals surface area contributed by atoms with E-state index in [-0.39, 0.29) is 6.10 Å². The zero-order valence-corrected chi connectivity index (χ0v) is 14.3. The van der Waals surface area contributed by atoms with E-state index in [2.05, 4.69) is 39.0 Å². The van der Waals surface area contributed by atoms with Gasteiger partial charge in [0.25, 0.3) is 0 Å². The highest BCUT2D eigenvalue weighted by Gasteiger charge is 2.25. The van der Waals surface area contributed by atoms with Crippen molar-refractivity contribution in [2.45, 2.75) is 51.2 Å². The van der Waals surface area contributed by atoms with Crippen molar-refractivity contribution in [3.05, 3.63) is 0 Å². The van der Waals surface area contributed by atoms with E-state index in [0.717, 1.165) is 19.6 Å². The molecular weight excluding hydrogens is 286 g/mol. The fourth-order valence-electron chi connectivity index (χ4n) is 2.33. The van der Waals surface area contributed by atoms with Gasteiger partial charge in [-0.05, 0) is 20.8 Å². The molecule has 1 N–H and O–H groups in total. The van der Waals surface area contributed by atoms with Crippen LogP contribution in [0, 0.1) is 0 Å². The summed E-state index contributed by atoms with van der Waals surface area (Å²) in [6.07, 6.45) is 0.0458. The quantitative estimate of drug-likeness (QED) is 0.896. The summed E-state index contributed by atoms with van der Waals surface area (Å²) in [5.41, 5.74) is 0. The fraction of sp³-hybridized carbons (Fsp3) is 0.786. The highest BCUT2D eigenvalue weighted by Crippen LogP contribution is 2.27. The second-order valence-electron chi connectivity index (χ2n) is 5.60. The van der Waals surface area contributed by atoms with Gasteiger partial charge in [0.1, 0.15) is 0 Å². The Morgan fingerprint density at radius 1 is 1.24 bits per heavy atom. The Morgan fingerprint density at radius 2 is 1.90 bits per heavy atom. The number of anilines is 2. The SMILES string of the molecule is CCNc1nc(OC(C)C)nc(N2CC(C)SC(C)C2)n1. The molecule has 2 rings (SSSR count). The zero-order chi connectivity index (χ0) is 15.4. The Balaban J connectivity index is 2.25.